The third-order valence-corrected chi connectivity index (χ3v) is 4.88. The monoisotopic (exact) mass is 293 g/mol. The lowest BCUT2D eigenvalue weighted by atomic mass is 9.77. The first-order valence-corrected chi connectivity index (χ1v) is 7.77. The van der Waals surface area contributed by atoms with E-state index in [1.807, 2.05) is 37.8 Å². The summed E-state index contributed by atoms with van der Waals surface area (Å²) in [5, 5.41) is 0. The zero-order valence-corrected chi connectivity index (χ0v) is 13.0. The number of likely N-dealkylation sites (tertiary alicyclic amines) is 1. The van der Waals surface area contributed by atoms with Crippen LogP contribution in [-0.2, 0) is 19.1 Å². The van der Waals surface area contributed by atoms with Gasteiger partial charge in [-0.2, -0.15) is 0 Å². The zero-order chi connectivity index (χ0) is 15.4. The fourth-order valence-electron chi connectivity index (χ4n) is 3.70. The van der Waals surface area contributed by atoms with E-state index in [-0.39, 0.29) is 30.1 Å². The van der Waals surface area contributed by atoms with Gasteiger partial charge in [-0.15, -0.1) is 0 Å². The van der Waals surface area contributed by atoms with Gasteiger partial charge < -0.3 is 14.4 Å². The molecule has 1 spiro atoms. The molecule has 2 saturated heterocycles. The molecule has 0 aromatic heterocycles. The number of esters is 1. The van der Waals surface area contributed by atoms with Crippen molar-refractivity contribution in [2.75, 3.05) is 6.54 Å². The highest BCUT2D eigenvalue weighted by atomic mass is 16.6. The molecule has 1 amide bonds. The number of nitrogens with zero attached hydrogens (tertiary/aromatic N) is 1. The lowest BCUT2D eigenvalue weighted by Crippen LogP contribution is -2.41. The molecule has 0 aromatic rings. The fourth-order valence-corrected chi connectivity index (χ4v) is 3.70. The summed E-state index contributed by atoms with van der Waals surface area (Å²) in [6.07, 6.45) is 4.28. The SMILES string of the molecule is CC[C@@H](C)N1C[C@]23C=C[C@H](O2)[C@@H](C(=O)OC(C)C)[C@@H]3C1=O. The summed E-state index contributed by atoms with van der Waals surface area (Å²) in [4.78, 5) is 27.0. The molecule has 0 saturated carbocycles. The predicted octanol–water partition coefficient (Wildman–Crippen LogP) is 1.52. The molecule has 0 aromatic carbocycles. The summed E-state index contributed by atoms with van der Waals surface area (Å²) in [5.74, 6) is -1.21. The van der Waals surface area contributed by atoms with E-state index >= 15 is 0 Å². The number of ether oxygens (including phenoxy) is 2. The maximum absolute atomic E-state index is 12.8. The molecule has 5 nitrogen and oxygen atoms in total. The Morgan fingerprint density at radius 1 is 1.52 bits per heavy atom. The maximum Gasteiger partial charge on any atom is 0.313 e. The van der Waals surface area contributed by atoms with Gasteiger partial charge in [0.05, 0.1) is 24.7 Å². The number of rotatable bonds is 4. The molecule has 3 aliphatic rings. The van der Waals surface area contributed by atoms with Crippen LogP contribution in [0.1, 0.15) is 34.1 Å². The minimum absolute atomic E-state index is 0.0295. The van der Waals surface area contributed by atoms with Crippen LogP contribution in [0.3, 0.4) is 0 Å². The normalized spacial score (nSPS) is 38.2. The molecule has 3 heterocycles. The van der Waals surface area contributed by atoms with E-state index in [9.17, 15) is 9.59 Å². The van der Waals surface area contributed by atoms with Gasteiger partial charge in [-0.05, 0) is 27.2 Å². The van der Waals surface area contributed by atoms with Crippen LogP contribution in [0.2, 0.25) is 0 Å². The van der Waals surface area contributed by atoms with Crippen molar-refractivity contribution in [3.63, 3.8) is 0 Å². The standard InChI is InChI=1S/C16H23NO4/c1-5-10(4)17-8-16-7-6-11(21-16)12(13(16)14(17)18)15(19)20-9(2)3/h6-7,9-13H,5,8H2,1-4H3/t10-,11+,12-,13-,16+/m1/s1. The first kappa shape index (κ1) is 14.6. The summed E-state index contributed by atoms with van der Waals surface area (Å²) in [7, 11) is 0. The summed E-state index contributed by atoms with van der Waals surface area (Å²) < 4.78 is 11.4. The average molecular weight is 293 g/mol. The predicted molar refractivity (Wildman–Crippen MR) is 76.4 cm³/mol. The van der Waals surface area contributed by atoms with Crippen molar-refractivity contribution in [2.24, 2.45) is 11.8 Å². The fraction of sp³-hybridized carbons (Fsp3) is 0.750. The van der Waals surface area contributed by atoms with Crippen LogP contribution in [0, 0.1) is 11.8 Å². The van der Waals surface area contributed by atoms with Crippen LogP contribution in [0.4, 0.5) is 0 Å². The van der Waals surface area contributed by atoms with Gasteiger partial charge >= 0.3 is 5.97 Å². The number of carbonyl (C=O) groups excluding carboxylic acids is 2. The summed E-state index contributed by atoms with van der Waals surface area (Å²) in [6, 6.07) is 0.162. The van der Waals surface area contributed by atoms with Crippen molar-refractivity contribution >= 4 is 11.9 Å². The molecular weight excluding hydrogens is 270 g/mol. The maximum atomic E-state index is 12.8. The molecule has 0 radical (unpaired) electrons. The molecule has 3 aliphatic heterocycles. The number of hydrogen-bond donors (Lipinski definition) is 0. The van der Waals surface area contributed by atoms with Gasteiger partial charge in [0, 0.05) is 6.04 Å². The zero-order valence-electron chi connectivity index (χ0n) is 13.0. The Labute approximate surface area is 125 Å². The van der Waals surface area contributed by atoms with Gasteiger partial charge in [0.2, 0.25) is 5.91 Å². The van der Waals surface area contributed by atoms with Crippen LogP contribution >= 0.6 is 0 Å². The minimum atomic E-state index is -0.619. The lowest BCUT2D eigenvalue weighted by Gasteiger charge is -2.26. The van der Waals surface area contributed by atoms with Gasteiger partial charge in [-0.3, -0.25) is 9.59 Å². The third kappa shape index (κ3) is 2.01. The van der Waals surface area contributed by atoms with Crippen LogP contribution in [-0.4, -0.2) is 47.2 Å². The van der Waals surface area contributed by atoms with Crippen molar-refractivity contribution in [3.05, 3.63) is 12.2 Å². The van der Waals surface area contributed by atoms with Crippen molar-refractivity contribution in [1.29, 1.82) is 0 Å². The number of amides is 1. The van der Waals surface area contributed by atoms with Crippen LogP contribution < -0.4 is 0 Å². The Hall–Kier alpha value is -1.36. The van der Waals surface area contributed by atoms with Crippen LogP contribution in [0.25, 0.3) is 0 Å². The minimum Gasteiger partial charge on any atom is -0.463 e. The Bertz CT molecular complexity index is 501. The van der Waals surface area contributed by atoms with E-state index < -0.39 is 17.4 Å². The average Bonchev–Trinajstić information content (AvgIpc) is 3.05. The molecule has 2 bridgehead atoms. The van der Waals surface area contributed by atoms with Gasteiger partial charge in [0.25, 0.3) is 0 Å². The second kappa shape index (κ2) is 4.83. The highest BCUT2D eigenvalue weighted by molar-refractivity contribution is 5.91. The van der Waals surface area contributed by atoms with Crippen LogP contribution in [0.5, 0.6) is 0 Å². The molecule has 5 atom stereocenters. The van der Waals surface area contributed by atoms with Gasteiger partial charge in [-0.25, -0.2) is 0 Å². The van der Waals surface area contributed by atoms with Crippen LogP contribution in [0.15, 0.2) is 12.2 Å². The lowest BCUT2D eigenvalue weighted by molar-refractivity contribution is -0.157. The Kier molecular flexibility index (Phi) is 3.35. The first-order chi connectivity index (χ1) is 9.89. The van der Waals surface area contributed by atoms with Gasteiger partial charge in [0.1, 0.15) is 11.5 Å². The largest absolute Gasteiger partial charge is 0.463 e. The summed E-state index contributed by atoms with van der Waals surface area (Å²) in [5.41, 5.74) is -0.619. The summed E-state index contributed by atoms with van der Waals surface area (Å²) >= 11 is 0. The van der Waals surface area contributed by atoms with Crippen molar-refractivity contribution in [3.8, 4) is 0 Å². The Morgan fingerprint density at radius 2 is 2.24 bits per heavy atom. The van der Waals surface area contributed by atoms with Crippen molar-refractivity contribution < 1.29 is 19.1 Å². The number of fused-ring (bicyclic) bond motifs is 1. The third-order valence-electron chi connectivity index (χ3n) is 4.88. The second-order valence-electron chi connectivity index (χ2n) is 6.61. The Balaban J connectivity index is 1.88. The molecular formula is C16H23NO4. The molecule has 0 unspecified atom stereocenters. The topological polar surface area (TPSA) is 55.8 Å². The highest BCUT2D eigenvalue weighted by Crippen LogP contribution is 2.52. The van der Waals surface area contributed by atoms with E-state index in [1.165, 1.54) is 0 Å². The quantitative estimate of drug-likeness (QED) is 0.582. The van der Waals surface area contributed by atoms with Gasteiger partial charge in [0.15, 0.2) is 0 Å². The molecule has 2 fully saturated rings. The molecule has 21 heavy (non-hydrogen) atoms. The van der Waals surface area contributed by atoms with E-state index in [0.717, 1.165) is 6.42 Å². The smallest absolute Gasteiger partial charge is 0.313 e. The number of carbonyl (C=O) groups is 2. The highest BCUT2D eigenvalue weighted by Gasteiger charge is 2.67. The van der Waals surface area contributed by atoms with E-state index in [2.05, 4.69) is 6.92 Å². The van der Waals surface area contributed by atoms with E-state index in [0.29, 0.717) is 6.54 Å². The molecule has 0 N–H and O–H groups in total. The first-order valence-electron chi connectivity index (χ1n) is 7.77. The summed E-state index contributed by atoms with van der Waals surface area (Å²) in [6.45, 7) is 8.28. The molecule has 5 heteroatoms. The second-order valence-corrected chi connectivity index (χ2v) is 6.61. The van der Waals surface area contributed by atoms with E-state index in [1.54, 1.807) is 0 Å². The molecule has 3 rings (SSSR count). The van der Waals surface area contributed by atoms with Gasteiger partial charge in [-0.1, -0.05) is 19.1 Å². The van der Waals surface area contributed by atoms with Crippen molar-refractivity contribution in [2.45, 2.75) is 58.0 Å². The van der Waals surface area contributed by atoms with E-state index in [4.69, 9.17) is 9.47 Å². The Morgan fingerprint density at radius 3 is 2.86 bits per heavy atom. The molecule has 0 aliphatic carbocycles. The van der Waals surface area contributed by atoms with Crippen molar-refractivity contribution in [1.82, 2.24) is 4.90 Å². The molecule has 116 valence electrons. The number of hydrogen-bond acceptors (Lipinski definition) is 4.